The van der Waals surface area contributed by atoms with Crippen molar-refractivity contribution in [3.8, 4) is 0 Å². The van der Waals surface area contributed by atoms with E-state index in [1.54, 1.807) is 11.3 Å². The molecule has 9 heavy (non-hydrogen) atoms. The number of aromatic nitrogens is 1. The van der Waals surface area contributed by atoms with Gasteiger partial charge in [0.05, 0.1) is 0 Å². The van der Waals surface area contributed by atoms with Crippen LogP contribution in [0.15, 0.2) is 5.38 Å². The topological polar surface area (TPSA) is 27.8 Å². The summed E-state index contributed by atoms with van der Waals surface area (Å²) in [7, 11) is 1.91. The van der Waals surface area contributed by atoms with Gasteiger partial charge in [-0.15, -0.1) is 11.3 Å². The van der Waals surface area contributed by atoms with Gasteiger partial charge in [0.2, 0.25) is 0 Å². The normalized spacial score (nSPS) is 9.89. The Hall–Kier alpha value is -0.190. The Morgan fingerprint density at radius 2 is 2.67 bits per heavy atom. The lowest BCUT2D eigenvalue weighted by atomic mass is 10.5. The zero-order valence-electron chi connectivity index (χ0n) is 5.10. The highest BCUT2D eigenvalue weighted by Gasteiger charge is 1.89. The van der Waals surface area contributed by atoms with E-state index in [-0.39, 0.29) is 0 Å². The van der Waals surface area contributed by atoms with Crippen molar-refractivity contribution >= 4 is 23.6 Å². The second-order valence-corrected chi connectivity index (χ2v) is 3.25. The Morgan fingerprint density at radius 1 is 1.89 bits per heavy atom. The third kappa shape index (κ3) is 1.89. The van der Waals surface area contributed by atoms with Crippen LogP contribution in [0.25, 0.3) is 0 Å². The minimum Gasteiger partial charge on any atom is -0.340 e. The van der Waals surface area contributed by atoms with Crippen LogP contribution < -0.4 is 5.32 Å². The lowest BCUT2D eigenvalue weighted by molar-refractivity contribution is 0.797. The minimum atomic E-state index is 0.847. The standard InChI is InChI=1S/C5H8N2S2/c1-6-2-4-3-9-5(8)7-4/h3,6H,2H2,1H3,(H,7,8). The van der Waals surface area contributed by atoms with Crippen LogP contribution in [0.1, 0.15) is 5.69 Å². The summed E-state index contributed by atoms with van der Waals surface area (Å²) in [6.07, 6.45) is 0. The van der Waals surface area contributed by atoms with Gasteiger partial charge in [0.15, 0.2) is 3.95 Å². The third-order valence-corrected chi connectivity index (χ3v) is 2.05. The number of H-pyrrole nitrogens is 1. The predicted octanol–water partition coefficient (Wildman–Crippen LogP) is 1.53. The van der Waals surface area contributed by atoms with Crippen molar-refractivity contribution in [2.75, 3.05) is 7.05 Å². The second-order valence-electron chi connectivity index (χ2n) is 1.70. The molecule has 1 aromatic heterocycles. The van der Waals surface area contributed by atoms with Crippen LogP contribution in [0.5, 0.6) is 0 Å². The van der Waals surface area contributed by atoms with Gasteiger partial charge in [-0.2, -0.15) is 0 Å². The van der Waals surface area contributed by atoms with Gasteiger partial charge in [0.25, 0.3) is 0 Å². The number of hydrogen-bond donors (Lipinski definition) is 2. The molecule has 0 aliphatic rings. The molecule has 0 fully saturated rings. The van der Waals surface area contributed by atoms with Crippen molar-refractivity contribution < 1.29 is 0 Å². The molecule has 50 valence electrons. The zero-order valence-corrected chi connectivity index (χ0v) is 6.73. The fraction of sp³-hybridized carbons (Fsp3) is 0.400. The van der Waals surface area contributed by atoms with Crippen molar-refractivity contribution in [2.45, 2.75) is 6.54 Å². The highest BCUT2D eigenvalue weighted by atomic mass is 32.1. The Balaban J connectivity index is 2.73. The fourth-order valence-corrected chi connectivity index (χ4v) is 1.45. The van der Waals surface area contributed by atoms with Crippen molar-refractivity contribution in [3.63, 3.8) is 0 Å². The Labute approximate surface area is 62.9 Å². The Bertz CT molecular complexity index is 225. The fourth-order valence-electron chi connectivity index (χ4n) is 0.591. The smallest absolute Gasteiger partial charge is 0.158 e. The van der Waals surface area contributed by atoms with E-state index in [9.17, 15) is 0 Å². The zero-order chi connectivity index (χ0) is 6.69. The lowest BCUT2D eigenvalue weighted by Crippen LogP contribution is -2.04. The molecule has 1 rings (SSSR count). The van der Waals surface area contributed by atoms with Crippen LogP contribution in [0.4, 0.5) is 0 Å². The molecule has 1 aromatic rings. The van der Waals surface area contributed by atoms with Crippen LogP contribution in [0.3, 0.4) is 0 Å². The molecule has 2 N–H and O–H groups in total. The van der Waals surface area contributed by atoms with Crippen LogP contribution in [0, 0.1) is 3.95 Å². The number of rotatable bonds is 2. The summed E-state index contributed by atoms with van der Waals surface area (Å²) >= 11 is 6.45. The largest absolute Gasteiger partial charge is 0.340 e. The summed E-state index contributed by atoms with van der Waals surface area (Å²) in [6.45, 7) is 0.868. The molecular formula is C5H8N2S2. The summed E-state index contributed by atoms with van der Waals surface area (Å²) in [4.78, 5) is 3.05. The van der Waals surface area contributed by atoms with Gasteiger partial charge < -0.3 is 10.3 Å². The van der Waals surface area contributed by atoms with E-state index >= 15 is 0 Å². The molecule has 0 amide bonds. The molecule has 0 aliphatic heterocycles. The van der Waals surface area contributed by atoms with Crippen LogP contribution in [-0.4, -0.2) is 12.0 Å². The first-order valence-corrected chi connectivity index (χ1v) is 3.93. The van der Waals surface area contributed by atoms with Crippen molar-refractivity contribution in [1.82, 2.24) is 10.3 Å². The SMILES string of the molecule is CNCc1csc(=S)[nH]1. The van der Waals surface area contributed by atoms with Crippen molar-refractivity contribution in [3.05, 3.63) is 15.0 Å². The molecule has 0 saturated carbocycles. The van der Waals surface area contributed by atoms with Gasteiger partial charge in [-0.1, -0.05) is 0 Å². The van der Waals surface area contributed by atoms with E-state index in [0.29, 0.717) is 0 Å². The summed E-state index contributed by atoms with van der Waals surface area (Å²) in [5, 5.41) is 5.05. The summed E-state index contributed by atoms with van der Waals surface area (Å²) in [5.41, 5.74) is 1.16. The molecule has 0 atom stereocenters. The number of hydrogen-bond acceptors (Lipinski definition) is 3. The van der Waals surface area contributed by atoms with Gasteiger partial charge in [0, 0.05) is 17.6 Å². The average molecular weight is 160 g/mol. The molecule has 0 aromatic carbocycles. The maximum Gasteiger partial charge on any atom is 0.158 e. The number of thiazole rings is 1. The van der Waals surface area contributed by atoms with Gasteiger partial charge in [-0.3, -0.25) is 0 Å². The predicted molar refractivity (Wildman–Crippen MR) is 42.3 cm³/mol. The Kier molecular flexibility index (Phi) is 2.38. The average Bonchev–Trinajstić information content (AvgIpc) is 2.17. The van der Waals surface area contributed by atoms with Crippen LogP contribution >= 0.6 is 23.6 Å². The maximum absolute atomic E-state index is 4.88. The highest BCUT2D eigenvalue weighted by Crippen LogP contribution is 2.02. The molecular weight excluding hydrogens is 152 g/mol. The first-order chi connectivity index (χ1) is 4.33. The quantitative estimate of drug-likeness (QED) is 0.642. The highest BCUT2D eigenvalue weighted by molar-refractivity contribution is 7.73. The molecule has 0 radical (unpaired) electrons. The van der Waals surface area contributed by atoms with Crippen molar-refractivity contribution in [1.29, 1.82) is 0 Å². The van der Waals surface area contributed by atoms with E-state index in [0.717, 1.165) is 16.2 Å². The van der Waals surface area contributed by atoms with Crippen LogP contribution in [-0.2, 0) is 6.54 Å². The van der Waals surface area contributed by atoms with Gasteiger partial charge >= 0.3 is 0 Å². The van der Waals surface area contributed by atoms with Gasteiger partial charge in [-0.05, 0) is 19.3 Å². The van der Waals surface area contributed by atoms with Gasteiger partial charge in [-0.25, -0.2) is 0 Å². The second kappa shape index (κ2) is 3.10. The molecule has 1 heterocycles. The molecule has 0 bridgehead atoms. The molecule has 0 saturated heterocycles. The summed E-state index contributed by atoms with van der Waals surface area (Å²) in [6, 6.07) is 0. The molecule has 2 nitrogen and oxygen atoms in total. The number of nitrogens with one attached hydrogen (secondary N) is 2. The van der Waals surface area contributed by atoms with Crippen molar-refractivity contribution in [2.24, 2.45) is 0 Å². The minimum absolute atomic E-state index is 0.847. The van der Waals surface area contributed by atoms with Crippen LogP contribution in [0.2, 0.25) is 0 Å². The van der Waals surface area contributed by atoms with E-state index in [4.69, 9.17) is 12.2 Å². The maximum atomic E-state index is 4.88. The first-order valence-electron chi connectivity index (χ1n) is 2.64. The molecule has 4 heteroatoms. The van der Waals surface area contributed by atoms with E-state index in [1.165, 1.54) is 0 Å². The lowest BCUT2D eigenvalue weighted by Gasteiger charge is -1.90. The summed E-state index contributed by atoms with van der Waals surface area (Å²) < 4.78 is 0.847. The summed E-state index contributed by atoms with van der Waals surface area (Å²) in [5.74, 6) is 0. The molecule has 0 unspecified atom stereocenters. The van der Waals surface area contributed by atoms with Gasteiger partial charge in [0.1, 0.15) is 0 Å². The Morgan fingerprint density at radius 3 is 3.11 bits per heavy atom. The molecule has 0 aliphatic carbocycles. The third-order valence-electron chi connectivity index (χ3n) is 0.938. The molecule has 0 spiro atoms. The van der Waals surface area contributed by atoms with E-state index in [1.807, 2.05) is 12.4 Å². The van der Waals surface area contributed by atoms with E-state index in [2.05, 4.69) is 10.3 Å². The first kappa shape index (κ1) is 6.92. The van der Waals surface area contributed by atoms with E-state index < -0.39 is 0 Å². The monoisotopic (exact) mass is 160 g/mol. The number of aromatic amines is 1.